The van der Waals surface area contributed by atoms with Crippen molar-refractivity contribution in [2.45, 2.75) is 6.10 Å². The lowest BCUT2D eigenvalue weighted by Crippen LogP contribution is -2.28. The number of aliphatic hydroxyl groups excluding tert-OH is 1. The molecule has 6 heteroatoms. The maximum absolute atomic E-state index is 11.7. The van der Waals surface area contributed by atoms with Gasteiger partial charge in [0.15, 0.2) is 6.29 Å². The fourth-order valence-corrected chi connectivity index (χ4v) is 2.19. The molecule has 0 radical (unpaired) electrons. The zero-order valence-electron chi connectivity index (χ0n) is 9.42. The van der Waals surface area contributed by atoms with Gasteiger partial charge < -0.3 is 15.4 Å². The third kappa shape index (κ3) is 2.85. The fraction of sp³-hybridized carbons (Fsp3) is 0.167. The number of aliphatic hydroxyl groups is 1. The monoisotopic (exact) mass is 264 g/mol. The largest absolute Gasteiger partial charge is 0.387 e. The Morgan fingerprint density at radius 3 is 2.94 bits per heavy atom. The molecule has 0 fully saturated rings. The van der Waals surface area contributed by atoms with Crippen LogP contribution in [0.25, 0.3) is 0 Å². The lowest BCUT2D eigenvalue weighted by molar-refractivity contribution is 0.0912. The molecule has 1 atom stereocenters. The summed E-state index contributed by atoms with van der Waals surface area (Å²) in [6.07, 6.45) is -0.0857. The van der Waals surface area contributed by atoms with E-state index in [0.29, 0.717) is 17.7 Å². The number of carbonyl (C=O) groups excluding carboxylic acids is 2. The van der Waals surface area contributed by atoms with Gasteiger partial charge in [0, 0.05) is 6.54 Å². The number of amides is 1. The third-order valence-corrected chi connectivity index (χ3v) is 3.17. The summed E-state index contributed by atoms with van der Waals surface area (Å²) in [5, 5.41) is 16.1. The minimum atomic E-state index is -0.722. The maximum Gasteiger partial charge on any atom is 0.267 e. The van der Waals surface area contributed by atoms with E-state index in [9.17, 15) is 14.7 Å². The fourth-order valence-electron chi connectivity index (χ4n) is 1.48. The molecule has 2 rings (SSSR count). The van der Waals surface area contributed by atoms with Crippen LogP contribution in [-0.4, -0.2) is 28.8 Å². The molecule has 2 aromatic heterocycles. The van der Waals surface area contributed by atoms with Crippen LogP contribution in [0.3, 0.4) is 0 Å². The number of rotatable bonds is 5. The number of carbonyl (C=O) groups is 2. The summed E-state index contributed by atoms with van der Waals surface area (Å²) in [7, 11) is 0. The van der Waals surface area contributed by atoms with Gasteiger partial charge >= 0.3 is 0 Å². The Bertz CT molecular complexity index is 533. The summed E-state index contributed by atoms with van der Waals surface area (Å²) in [6.45, 7) is 0.130. The topological polar surface area (TPSA) is 82.2 Å². The quantitative estimate of drug-likeness (QED) is 0.713. The predicted molar refractivity (Wildman–Crippen MR) is 67.8 cm³/mol. The normalized spacial score (nSPS) is 12.1. The number of aromatic amines is 1. The maximum atomic E-state index is 11.7. The van der Waals surface area contributed by atoms with E-state index in [1.807, 2.05) is 10.8 Å². The first kappa shape index (κ1) is 12.5. The van der Waals surface area contributed by atoms with Gasteiger partial charge in [0.2, 0.25) is 0 Å². The minimum absolute atomic E-state index is 0.130. The highest BCUT2D eigenvalue weighted by Crippen LogP contribution is 2.15. The Labute approximate surface area is 107 Å². The van der Waals surface area contributed by atoms with Crippen LogP contribution >= 0.6 is 11.3 Å². The molecule has 3 N–H and O–H groups in total. The Morgan fingerprint density at radius 2 is 2.33 bits per heavy atom. The molecule has 94 valence electrons. The van der Waals surface area contributed by atoms with Gasteiger partial charge in [-0.25, -0.2) is 0 Å². The highest BCUT2D eigenvalue weighted by molar-refractivity contribution is 7.07. The van der Waals surface area contributed by atoms with Crippen LogP contribution in [0.5, 0.6) is 0 Å². The smallest absolute Gasteiger partial charge is 0.267 e. The molecular formula is C12H12N2O3S. The van der Waals surface area contributed by atoms with Gasteiger partial charge in [-0.2, -0.15) is 11.3 Å². The highest BCUT2D eigenvalue weighted by atomic mass is 32.1. The standard InChI is InChI=1S/C12H12N2O3S/c15-6-9-1-2-10(14-9)12(17)13-5-11(16)8-3-4-18-7-8/h1-4,6-7,11,14,16H,5H2,(H,13,17). The van der Waals surface area contributed by atoms with Crippen LogP contribution in [0.2, 0.25) is 0 Å². The summed E-state index contributed by atoms with van der Waals surface area (Å²) in [4.78, 5) is 24.8. The van der Waals surface area contributed by atoms with Crippen LogP contribution in [0.4, 0.5) is 0 Å². The number of nitrogens with one attached hydrogen (secondary N) is 2. The second kappa shape index (κ2) is 5.61. The molecular weight excluding hydrogens is 252 g/mol. The molecule has 2 heterocycles. The Balaban J connectivity index is 1.90. The summed E-state index contributed by atoms with van der Waals surface area (Å²) < 4.78 is 0. The van der Waals surface area contributed by atoms with E-state index in [1.165, 1.54) is 23.5 Å². The molecule has 0 spiro atoms. The van der Waals surface area contributed by atoms with Gasteiger partial charge in [-0.1, -0.05) is 0 Å². The van der Waals surface area contributed by atoms with Crippen molar-refractivity contribution in [2.75, 3.05) is 6.54 Å². The zero-order chi connectivity index (χ0) is 13.0. The number of aldehydes is 1. The van der Waals surface area contributed by atoms with E-state index < -0.39 is 6.10 Å². The molecule has 2 aromatic rings. The van der Waals surface area contributed by atoms with E-state index >= 15 is 0 Å². The van der Waals surface area contributed by atoms with Crippen LogP contribution in [-0.2, 0) is 0 Å². The van der Waals surface area contributed by atoms with Gasteiger partial charge in [0.05, 0.1) is 11.8 Å². The van der Waals surface area contributed by atoms with Gasteiger partial charge in [-0.3, -0.25) is 9.59 Å². The lowest BCUT2D eigenvalue weighted by Gasteiger charge is -2.09. The van der Waals surface area contributed by atoms with E-state index in [2.05, 4.69) is 10.3 Å². The van der Waals surface area contributed by atoms with Crippen molar-refractivity contribution >= 4 is 23.5 Å². The van der Waals surface area contributed by atoms with Crippen molar-refractivity contribution in [3.05, 3.63) is 45.9 Å². The van der Waals surface area contributed by atoms with E-state index in [4.69, 9.17) is 0 Å². The van der Waals surface area contributed by atoms with Crippen molar-refractivity contribution in [1.29, 1.82) is 0 Å². The average Bonchev–Trinajstić information content (AvgIpc) is 3.05. The highest BCUT2D eigenvalue weighted by Gasteiger charge is 2.12. The Morgan fingerprint density at radius 1 is 1.50 bits per heavy atom. The molecule has 5 nitrogen and oxygen atoms in total. The van der Waals surface area contributed by atoms with Crippen molar-refractivity contribution in [3.63, 3.8) is 0 Å². The van der Waals surface area contributed by atoms with Crippen molar-refractivity contribution < 1.29 is 14.7 Å². The number of H-pyrrole nitrogens is 1. The van der Waals surface area contributed by atoms with Gasteiger partial charge in [0.25, 0.3) is 5.91 Å². The summed E-state index contributed by atoms with van der Waals surface area (Å²) in [5.74, 6) is -0.350. The third-order valence-electron chi connectivity index (χ3n) is 2.46. The molecule has 1 unspecified atom stereocenters. The van der Waals surface area contributed by atoms with E-state index in [0.717, 1.165) is 5.56 Å². The number of hydrogen-bond donors (Lipinski definition) is 3. The SMILES string of the molecule is O=Cc1ccc(C(=O)NCC(O)c2ccsc2)[nH]1. The van der Waals surface area contributed by atoms with E-state index in [1.54, 1.807) is 6.07 Å². The summed E-state index contributed by atoms with van der Waals surface area (Å²) >= 11 is 1.49. The Hall–Kier alpha value is -1.92. The second-order valence-electron chi connectivity index (χ2n) is 3.73. The number of hydrogen-bond acceptors (Lipinski definition) is 4. The first-order valence-corrected chi connectivity index (χ1v) is 6.27. The van der Waals surface area contributed by atoms with E-state index in [-0.39, 0.29) is 12.5 Å². The van der Waals surface area contributed by atoms with Gasteiger partial charge in [-0.05, 0) is 34.5 Å². The van der Waals surface area contributed by atoms with Crippen LogP contribution in [0, 0.1) is 0 Å². The summed E-state index contributed by atoms with van der Waals surface area (Å²) in [5.41, 5.74) is 1.42. The molecule has 0 saturated heterocycles. The van der Waals surface area contributed by atoms with Crippen LogP contribution < -0.4 is 5.32 Å². The molecule has 1 amide bonds. The first-order chi connectivity index (χ1) is 8.70. The molecule has 0 bridgehead atoms. The number of aromatic nitrogens is 1. The molecule has 0 aliphatic carbocycles. The molecule has 0 aromatic carbocycles. The van der Waals surface area contributed by atoms with Crippen LogP contribution in [0.1, 0.15) is 32.6 Å². The Kier molecular flexibility index (Phi) is 3.91. The molecule has 0 aliphatic rings. The van der Waals surface area contributed by atoms with Gasteiger partial charge in [-0.15, -0.1) is 0 Å². The van der Waals surface area contributed by atoms with Crippen molar-refractivity contribution in [3.8, 4) is 0 Å². The minimum Gasteiger partial charge on any atom is -0.387 e. The molecule has 0 saturated carbocycles. The zero-order valence-corrected chi connectivity index (χ0v) is 10.2. The summed E-state index contributed by atoms with van der Waals surface area (Å²) in [6, 6.07) is 4.86. The van der Waals surface area contributed by atoms with Crippen molar-refractivity contribution in [2.24, 2.45) is 0 Å². The second-order valence-corrected chi connectivity index (χ2v) is 4.51. The first-order valence-electron chi connectivity index (χ1n) is 5.33. The van der Waals surface area contributed by atoms with Crippen LogP contribution in [0.15, 0.2) is 29.0 Å². The van der Waals surface area contributed by atoms with Crippen molar-refractivity contribution in [1.82, 2.24) is 10.3 Å². The van der Waals surface area contributed by atoms with Gasteiger partial charge in [0.1, 0.15) is 5.69 Å². The molecule has 0 aliphatic heterocycles. The average molecular weight is 264 g/mol. The molecule has 18 heavy (non-hydrogen) atoms. The lowest BCUT2D eigenvalue weighted by atomic mass is 10.2. The number of thiophene rings is 1. The predicted octanol–water partition coefficient (Wildman–Crippen LogP) is 1.35.